The van der Waals surface area contributed by atoms with E-state index in [2.05, 4.69) is 37.7 Å². The molecule has 1 unspecified atom stereocenters. The molecule has 4 heteroatoms. The maximum absolute atomic E-state index is 11.2. The van der Waals surface area contributed by atoms with Gasteiger partial charge >= 0.3 is 5.97 Å². The number of carboxylic acid groups (broad SMARTS) is 1. The summed E-state index contributed by atoms with van der Waals surface area (Å²) in [7, 11) is 0. The Labute approximate surface area is 119 Å². The Balaban J connectivity index is 2.24. The van der Waals surface area contributed by atoms with Crippen LogP contribution in [0.25, 0.3) is 11.0 Å². The number of hydrogen-bond acceptors (Lipinski definition) is 2. The monoisotopic (exact) mass is 274 g/mol. The number of fused-ring (bicyclic) bond motifs is 1. The highest BCUT2D eigenvalue weighted by molar-refractivity contribution is 6.00. The summed E-state index contributed by atoms with van der Waals surface area (Å²) in [6.45, 7) is 8.89. The van der Waals surface area contributed by atoms with Crippen LogP contribution >= 0.6 is 0 Å². The minimum atomic E-state index is -0.934. The van der Waals surface area contributed by atoms with E-state index in [0.29, 0.717) is 11.4 Å². The highest BCUT2D eigenvalue weighted by atomic mass is 16.4. The van der Waals surface area contributed by atoms with E-state index in [4.69, 9.17) is 0 Å². The zero-order valence-corrected chi connectivity index (χ0v) is 12.5. The van der Waals surface area contributed by atoms with Crippen LogP contribution in [0.5, 0.6) is 0 Å². The van der Waals surface area contributed by atoms with Gasteiger partial charge in [-0.05, 0) is 29.9 Å². The molecule has 0 spiro atoms. The van der Waals surface area contributed by atoms with Gasteiger partial charge in [-0.1, -0.05) is 33.8 Å². The lowest BCUT2D eigenvalue weighted by molar-refractivity contribution is 0.0699. The Hall–Kier alpha value is -1.84. The van der Waals surface area contributed by atoms with E-state index >= 15 is 0 Å². The van der Waals surface area contributed by atoms with E-state index < -0.39 is 5.97 Å². The summed E-state index contributed by atoms with van der Waals surface area (Å²) in [6, 6.07) is 5.20. The number of rotatable bonds is 4. The molecule has 1 aromatic carbocycles. The molecule has 1 aromatic heterocycles. The average molecular weight is 274 g/mol. The minimum absolute atomic E-state index is 0.258. The third-order valence-electron chi connectivity index (χ3n) is 3.29. The van der Waals surface area contributed by atoms with Gasteiger partial charge in [0.15, 0.2) is 0 Å². The predicted octanol–water partition coefficient (Wildman–Crippen LogP) is 3.88. The van der Waals surface area contributed by atoms with Gasteiger partial charge in [-0.3, -0.25) is 0 Å². The second-order valence-electron chi connectivity index (χ2n) is 6.76. The molecule has 2 N–H and O–H groups in total. The van der Waals surface area contributed by atoms with Crippen molar-refractivity contribution in [2.45, 2.75) is 40.5 Å². The molecule has 2 rings (SSSR count). The van der Waals surface area contributed by atoms with E-state index in [1.807, 2.05) is 6.07 Å². The van der Waals surface area contributed by atoms with E-state index in [1.165, 1.54) is 0 Å². The summed E-state index contributed by atoms with van der Waals surface area (Å²) in [4.78, 5) is 18.9. The van der Waals surface area contributed by atoms with Crippen molar-refractivity contribution in [1.29, 1.82) is 0 Å². The van der Waals surface area contributed by atoms with Crippen molar-refractivity contribution in [2.75, 3.05) is 0 Å². The Morgan fingerprint density at radius 1 is 1.40 bits per heavy atom. The van der Waals surface area contributed by atoms with Gasteiger partial charge in [0, 0.05) is 6.42 Å². The van der Waals surface area contributed by atoms with Crippen LogP contribution in [0.4, 0.5) is 0 Å². The zero-order chi connectivity index (χ0) is 14.9. The lowest BCUT2D eigenvalue weighted by atomic mass is 9.84. The highest BCUT2D eigenvalue weighted by Gasteiger charge is 2.18. The van der Waals surface area contributed by atoms with Gasteiger partial charge in [0.25, 0.3) is 0 Å². The van der Waals surface area contributed by atoms with Gasteiger partial charge < -0.3 is 10.1 Å². The zero-order valence-electron chi connectivity index (χ0n) is 12.5. The fourth-order valence-corrected chi connectivity index (χ4v) is 2.80. The summed E-state index contributed by atoms with van der Waals surface area (Å²) >= 11 is 0. The Morgan fingerprint density at radius 2 is 2.10 bits per heavy atom. The van der Waals surface area contributed by atoms with Gasteiger partial charge in [-0.25, -0.2) is 9.78 Å². The summed E-state index contributed by atoms with van der Waals surface area (Å²) < 4.78 is 0. The first-order valence-corrected chi connectivity index (χ1v) is 6.97. The smallest absolute Gasteiger partial charge is 0.337 e. The summed E-state index contributed by atoms with van der Waals surface area (Å²) in [5.41, 5.74) is 1.90. The molecule has 0 aliphatic heterocycles. The second kappa shape index (κ2) is 5.27. The maximum Gasteiger partial charge on any atom is 0.337 e. The molecular weight excluding hydrogens is 252 g/mol. The minimum Gasteiger partial charge on any atom is -0.478 e. The predicted molar refractivity (Wildman–Crippen MR) is 80.0 cm³/mol. The molecule has 2 aromatic rings. The van der Waals surface area contributed by atoms with E-state index in [-0.39, 0.29) is 11.0 Å². The van der Waals surface area contributed by atoms with E-state index in [1.54, 1.807) is 12.1 Å². The van der Waals surface area contributed by atoms with Gasteiger partial charge in [0.2, 0.25) is 0 Å². The number of nitrogens with zero attached hydrogens (tertiary/aromatic N) is 1. The van der Waals surface area contributed by atoms with Crippen LogP contribution in [0.2, 0.25) is 0 Å². The van der Waals surface area contributed by atoms with Crippen LogP contribution < -0.4 is 0 Å². The van der Waals surface area contributed by atoms with Crippen LogP contribution in [-0.4, -0.2) is 21.0 Å². The molecule has 0 radical (unpaired) electrons. The maximum atomic E-state index is 11.2. The van der Waals surface area contributed by atoms with Crippen LogP contribution in [0.15, 0.2) is 18.2 Å². The Kier molecular flexibility index (Phi) is 3.84. The van der Waals surface area contributed by atoms with Crippen molar-refractivity contribution in [3.8, 4) is 0 Å². The third kappa shape index (κ3) is 3.38. The number of benzene rings is 1. The standard InChI is InChI=1S/C16H22N2O2/c1-10(9-16(2,3)4)8-13-17-12-7-5-6-11(15(19)20)14(12)18-13/h5-7,10H,8-9H2,1-4H3,(H,17,18)(H,19,20). The van der Waals surface area contributed by atoms with E-state index in [0.717, 1.165) is 24.2 Å². The van der Waals surface area contributed by atoms with Crippen molar-refractivity contribution in [3.05, 3.63) is 29.6 Å². The highest BCUT2D eigenvalue weighted by Crippen LogP contribution is 2.26. The fraction of sp³-hybridized carbons (Fsp3) is 0.500. The lowest BCUT2D eigenvalue weighted by Crippen LogP contribution is -2.13. The molecule has 0 bridgehead atoms. The first-order chi connectivity index (χ1) is 9.26. The molecule has 0 aliphatic carbocycles. The first kappa shape index (κ1) is 14.6. The number of hydrogen-bond donors (Lipinski definition) is 2. The quantitative estimate of drug-likeness (QED) is 0.889. The lowest BCUT2D eigenvalue weighted by Gasteiger charge is -2.22. The molecular formula is C16H22N2O2. The van der Waals surface area contributed by atoms with Crippen molar-refractivity contribution >= 4 is 17.0 Å². The number of carboxylic acids is 1. The number of aromatic nitrogens is 2. The number of carbonyl (C=O) groups is 1. The van der Waals surface area contributed by atoms with Gasteiger partial charge in [0.1, 0.15) is 11.3 Å². The molecule has 0 saturated heterocycles. The fourth-order valence-electron chi connectivity index (χ4n) is 2.80. The van der Waals surface area contributed by atoms with Crippen LogP contribution in [0, 0.1) is 11.3 Å². The van der Waals surface area contributed by atoms with Gasteiger partial charge in [-0.15, -0.1) is 0 Å². The number of aromatic carboxylic acids is 1. The van der Waals surface area contributed by atoms with Gasteiger partial charge in [0.05, 0.1) is 11.1 Å². The van der Waals surface area contributed by atoms with Crippen molar-refractivity contribution in [1.82, 2.24) is 9.97 Å². The van der Waals surface area contributed by atoms with Crippen molar-refractivity contribution in [3.63, 3.8) is 0 Å². The van der Waals surface area contributed by atoms with Crippen molar-refractivity contribution < 1.29 is 9.90 Å². The number of H-pyrrole nitrogens is 1. The molecule has 0 amide bonds. The van der Waals surface area contributed by atoms with Crippen LogP contribution in [0.1, 0.15) is 50.3 Å². The number of imidazole rings is 1. The molecule has 108 valence electrons. The number of nitrogens with one attached hydrogen (secondary N) is 1. The van der Waals surface area contributed by atoms with Gasteiger partial charge in [-0.2, -0.15) is 0 Å². The van der Waals surface area contributed by atoms with Crippen LogP contribution in [0.3, 0.4) is 0 Å². The molecule has 0 fully saturated rings. The SMILES string of the molecule is CC(Cc1nc2c(C(=O)O)cccc2[nH]1)CC(C)(C)C. The third-order valence-corrected chi connectivity index (χ3v) is 3.29. The summed E-state index contributed by atoms with van der Waals surface area (Å²) in [5, 5.41) is 9.17. The normalized spacial score (nSPS) is 13.6. The second-order valence-corrected chi connectivity index (χ2v) is 6.76. The molecule has 1 atom stereocenters. The van der Waals surface area contributed by atoms with E-state index in [9.17, 15) is 9.90 Å². The first-order valence-electron chi connectivity index (χ1n) is 6.97. The Bertz CT molecular complexity index is 623. The molecule has 20 heavy (non-hydrogen) atoms. The molecule has 0 saturated carbocycles. The molecule has 0 aliphatic rings. The molecule has 4 nitrogen and oxygen atoms in total. The Morgan fingerprint density at radius 3 is 2.70 bits per heavy atom. The largest absolute Gasteiger partial charge is 0.478 e. The number of aromatic amines is 1. The average Bonchev–Trinajstić information content (AvgIpc) is 2.67. The summed E-state index contributed by atoms with van der Waals surface area (Å²) in [6.07, 6.45) is 1.95. The van der Waals surface area contributed by atoms with Crippen LogP contribution in [-0.2, 0) is 6.42 Å². The van der Waals surface area contributed by atoms with Crippen molar-refractivity contribution in [2.24, 2.45) is 11.3 Å². The summed E-state index contributed by atoms with van der Waals surface area (Å²) in [5.74, 6) is 0.436. The number of para-hydroxylation sites is 1. The molecule has 1 heterocycles. The topological polar surface area (TPSA) is 66.0 Å².